The Kier molecular flexibility index (Phi) is 7.37. The smallest absolute Gasteiger partial charge is 0.191 e. The molecule has 1 aromatic carbocycles. The predicted octanol–water partition coefficient (Wildman–Crippen LogP) is 3.47. The van der Waals surface area contributed by atoms with Crippen LogP contribution < -0.4 is 10.6 Å². The normalized spacial score (nSPS) is 14.7. The number of H-pyrrole nitrogens is 1. The van der Waals surface area contributed by atoms with Gasteiger partial charge in [0, 0.05) is 49.9 Å². The van der Waals surface area contributed by atoms with Crippen LogP contribution in [0.25, 0.3) is 10.9 Å². The van der Waals surface area contributed by atoms with E-state index in [0.29, 0.717) is 0 Å². The number of aromatic amines is 1. The molecular formula is C21H32N4O. The number of benzene rings is 1. The minimum atomic E-state index is 0.826. The van der Waals surface area contributed by atoms with Crippen LogP contribution in [-0.2, 0) is 11.2 Å². The highest BCUT2D eigenvalue weighted by Gasteiger charge is 2.20. The van der Waals surface area contributed by atoms with Gasteiger partial charge < -0.3 is 20.4 Å². The van der Waals surface area contributed by atoms with E-state index in [1.807, 2.05) is 0 Å². The zero-order valence-corrected chi connectivity index (χ0v) is 15.9. The van der Waals surface area contributed by atoms with E-state index in [9.17, 15) is 0 Å². The second-order valence-electron chi connectivity index (χ2n) is 7.02. The van der Waals surface area contributed by atoms with Crippen molar-refractivity contribution in [2.75, 3.05) is 32.8 Å². The highest BCUT2D eigenvalue weighted by molar-refractivity contribution is 5.83. The summed E-state index contributed by atoms with van der Waals surface area (Å²) in [6.45, 7) is 6.49. The number of aliphatic imine (C=N–C) groups is 1. The molecular weight excluding hydrogens is 324 g/mol. The highest BCUT2D eigenvalue weighted by atomic mass is 16.5. The van der Waals surface area contributed by atoms with E-state index in [4.69, 9.17) is 9.73 Å². The average Bonchev–Trinajstić information content (AvgIpc) is 3.40. The van der Waals surface area contributed by atoms with Gasteiger partial charge in [-0.2, -0.15) is 0 Å². The molecule has 26 heavy (non-hydrogen) atoms. The molecule has 0 atom stereocenters. The Morgan fingerprint density at radius 3 is 2.96 bits per heavy atom. The summed E-state index contributed by atoms with van der Waals surface area (Å²) in [7, 11) is 0. The molecule has 0 saturated heterocycles. The summed E-state index contributed by atoms with van der Waals surface area (Å²) in [6, 6.07) is 8.47. The van der Waals surface area contributed by atoms with Gasteiger partial charge in [0.15, 0.2) is 5.96 Å². The lowest BCUT2D eigenvalue weighted by Gasteiger charge is -2.11. The third kappa shape index (κ3) is 6.06. The topological polar surface area (TPSA) is 61.4 Å². The number of ether oxygens (including phenoxy) is 1. The van der Waals surface area contributed by atoms with E-state index in [-0.39, 0.29) is 0 Å². The molecule has 2 aromatic rings. The molecule has 1 aliphatic rings. The Balaban J connectivity index is 1.34. The summed E-state index contributed by atoms with van der Waals surface area (Å²) in [6.07, 6.45) is 7.94. The van der Waals surface area contributed by atoms with Gasteiger partial charge in [0.25, 0.3) is 0 Å². The number of nitrogens with one attached hydrogen (secondary N) is 3. The Morgan fingerprint density at radius 2 is 2.12 bits per heavy atom. The van der Waals surface area contributed by atoms with Crippen molar-refractivity contribution >= 4 is 16.9 Å². The molecule has 3 rings (SSSR count). The van der Waals surface area contributed by atoms with Gasteiger partial charge in [0.2, 0.25) is 0 Å². The molecule has 5 nitrogen and oxygen atoms in total. The lowest BCUT2D eigenvalue weighted by atomic mass is 10.1. The Labute approximate surface area is 156 Å². The third-order valence-electron chi connectivity index (χ3n) is 4.70. The fourth-order valence-corrected chi connectivity index (χ4v) is 3.06. The Bertz CT molecular complexity index is 690. The number of fused-ring (bicyclic) bond motifs is 1. The number of guanidine groups is 1. The van der Waals surface area contributed by atoms with E-state index < -0.39 is 0 Å². The van der Waals surface area contributed by atoms with Crippen LogP contribution in [0.4, 0.5) is 0 Å². The quantitative estimate of drug-likeness (QED) is 0.328. The van der Waals surface area contributed by atoms with Crippen molar-refractivity contribution in [3.05, 3.63) is 36.0 Å². The summed E-state index contributed by atoms with van der Waals surface area (Å²) in [5.41, 5.74) is 2.59. The van der Waals surface area contributed by atoms with E-state index >= 15 is 0 Å². The summed E-state index contributed by atoms with van der Waals surface area (Å²) in [4.78, 5) is 8.03. The fourth-order valence-electron chi connectivity index (χ4n) is 3.06. The van der Waals surface area contributed by atoms with Crippen molar-refractivity contribution in [2.24, 2.45) is 10.9 Å². The van der Waals surface area contributed by atoms with Crippen molar-refractivity contribution < 1.29 is 4.74 Å². The highest BCUT2D eigenvalue weighted by Crippen LogP contribution is 2.28. The molecule has 1 fully saturated rings. The van der Waals surface area contributed by atoms with Gasteiger partial charge in [-0.05, 0) is 56.6 Å². The standard InChI is InChI=1S/C21H32N4O/c1-2-22-21(24-13-6-14-26-16-17-10-11-17)23-12-5-7-18-15-25-20-9-4-3-8-19(18)20/h3-4,8-9,15,17,25H,2,5-7,10-14,16H2,1H3,(H2,22,23,24). The van der Waals surface area contributed by atoms with Crippen molar-refractivity contribution in [2.45, 2.75) is 39.0 Å². The minimum absolute atomic E-state index is 0.826. The molecule has 0 aliphatic heterocycles. The summed E-state index contributed by atoms with van der Waals surface area (Å²) < 4.78 is 5.67. The summed E-state index contributed by atoms with van der Waals surface area (Å²) in [5, 5.41) is 8.04. The second-order valence-corrected chi connectivity index (χ2v) is 7.02. The van der Waals surface area contributed by atoms with E-state index in [2.05, 4.69) is 53.0 Å². The van der Waals surface area contributed by atoms with Crippen LogP contribution in [-0.4, -0.2) is 43.8 Å². The maximum absolute atomic E-state index is 5.67. The van der Waals surface area contributed by atoms with E-state index in [1.165, 1.54) is 29.3 Å². The lowest BCUT2D eigenvalue weighted by molar-refractivity contribution is 0.123. The molecule has 0 radical (unpaired) electrons. The molecule has 0 bridgehead atoms. The van der Waals surface area contributed by atoms with Crippen molar-refractivity contribution in [3.8, 4) is 0 Å². The van der Waals surface area contributed by atoms with Gasteiger partial charge >= 0.3 is 0 Å². The van der Waals surface area contributed by atoms with Crippen LogP contribution in [0.2, 0.25) is 0 Å². The van der Waals surface area contributed by atoms with Gasteiger partial charge in [-0.25, -0.2) is 0 Å². The van der Waals surface area contributed by atoms with Crippen molar-refractivity contribution in [1.29, 1.82) is 0 Å². The summed E-state index contributed by atoms with van der Waals surface area (Å²) in [5.74, 6) is 1.76. The number of hydrogen-bond donors (Lipinski definition) is 3. The van der Waals surface area contributed by atoms with Crippen LogP contribution in [0.15, 0.2) is 35.5 Å². The van der Waals surface area contributed by atoms with Gasteiger partial charge in [0.1, 0.15) is 0 Å². The first-order chi connectivity index (χ1) is 12.9. The molecule has 0 amide bonds. The van der Waals surface area contributed by atoms with Crippen LogP contribution in [0, 0.1) is 5.92 Å². The first kappa shape index (κ1) is 18.8. The molecule has 1 aliphatic carbocycles. The predicted molar refractivity (Wildman–Crippen MR) is 109 cm³/mol. The summed E-state index contributed by atoms with van der Waals surface area (Å²) >= 11 is 0. The molecule has 5 heteroatoms. The number of aryl methyl sites for hydroxylation is 1. The number of hydrogen-bond acceptors (Lipinski definition) is 2. The van der Waals surface area contributed by atoms with Gasteiger partial charge in [-0.1, -0.05) is 18.2 Å². The number of aromatic nitrogens is 1. The first-order valence-corrected chi connectivity index (χ1v) is 10.0. The first-order valence-electron chi connectivity index (χ1n) is 10.0. The minimum Gasteiger partial charge on any atom is -0.381 e. The maximum atomic E-state index is 5.67. The lowest BCUT2D eigenvalue weighted by Crippen LogP contribution is -2.38. The maximum Gasteiger partial charge on any atom is 0.191 e. The van der Waals surface area contributed by atoms with E-state index in [1.54, 1.807) is 0 Å². The Hall–Kier alpha value is -2.01. The molecule has 1 aromatic heterocycles. The molecule has 142 valence electrons. The molecule has 3 N–H and O–H groups in total. The average molecular weight is 357 g/mol. The SMILES string of the molecule is CCNC(=NCCCc1c[nH]c2ccccc12)NCCCOCC1CC1. The monoisotopic (exact) mass is 356 g/mol. The van der Waals surface area contributed by atoms with Crippen LogP contribution >= 0.6 is 0 Å². The van der Waals surface area contributed by atoms with Crippen molar-refractivity contribution in [3.63, 3.8) is 0 Å². The zero-order valence-electron chi connectivity index (χ0n) is 15.9. The second kappa shape index (κ2) is 10.2. The number of rotatable bonds is 11. The number of nitrogens with zero attached hydrogens (tertiary/aromatic N) is 1. The van der Waals surface area contributed by atoms with Crippen LogP contribution in [0.3, 0.4) is 0 Å². The van der Waals surface area contributed by atoms with Crippen LogP contribution in [0.5, 0.6) is 0 Å². The third-order valence-corrected chi connectivity index (χ3v) is 4.70. The van der Waals surface area contributed by atoms with Gasteiger partial charge in [-0.3, -0.25) is 4.99 Å². The van der Waals surface area contributed by atoms with Gasteiger partial charge in [-0.15, -0.1) is 0 Å². The number of para-hydroxylation sites is 1. The van der Waals surface area contributed by atoms with Crippen molar-refractivity contribution in [1.82, 2.24) is 15.6 Å². The zero-order chi connectivity index (χ0) is 18.0. The largest absolute Gasteiger partial charge is 0.381 e. The fraction of sp³-hybridized carbons (Fsp3) is 0.571. The van der Waals surface area contributed by atoms with E-state index in [0.717, 1.165) is 64.0 Å². The Morgan fingerprint density at radius 1 is 1.23 bits per heavy atom. The van der Waals surface area contributed by atoms with Crippen LogP contribution in [0.1, 0.15) is 38.2 Å². The molecule has 0 spiro atoms. The molecule has 1 heterocycles. The molecule has 0 unspecified atom stereocenters. The van der Waals surface area contributed by atoms with Gasteiger partial charge in [0.05, 0.1) is 0 Å². The molecule has 1 saturated carbocycles.